The van der Waals surface area contributed by atoms with Crippen molar-refractivity contribution in [2.24, 2.45) is 0 Å². The number of pyridine rings is 1. The molecule has 5 nitrogen and oxygen atoms in total. The van der Waals surface area contributed by atoms with Crippen LogP contribution in [0.2, 0.25) is 5.02 Å². The lowest BCUT2D eigenvalue weighted by Gasteiger charge is -2.22. The van der Waals surface area contributed by atoms with Gasteiger partial charge in [-0.25, -0.2) is 4.98 Å². The Balaban J connectivity index is 1.68. The number of aromatic nitrogens is 2. The van der Waals surface area contributed by atoms with Crippen molar-refractivity contribution in [3.63, 3.8) is 0 Å². The molecule has 0 saturated carbocycles. The molecule has 0 aliphatic rings. The lowest BCUT2D eigenvalue weighted by molar-refractivity contribution is 0.0983. The lowest BCUT2D eigenvalue weighted by Crippen LogP contribution is -2.31. The standard InChI is InChI=1S/C26H20ClN3O2S/c1-2-32-22-12-9-18-7-3-4-8-20(18)24(22)25(31)30(16-17-6-5-13-28-15-17)26-29-21-11-10-19(27)14-23(21)33-26/h3-15H,2,16H2,1H3. The summed E-state index contributed by atoms with van der Waals surface area (Å²) in [7, 11) is 0. The third-order valence-electron chi connectivity index (χ3n) is 5.28. The molecule has 2 heterocycles. The zero-order chi connectivity index (χ0) is 22.8. The molecule has 33 heavy (non-hydrogen) atoms. The number of fused-ring (bicyclic) bond motifs is 2. The monoisotopic (exact) mass is 473 g/mol. The van der Waals surface area contributed by atoms with Gasteiger partial charge in [0.05, 0.1) is 28.9 Å². The highest BCUT2D eigenvalue weighted by Gasteiger charge is 2.26. The first kappa shape index (κ1) is 21.4. The van der Waals surface area contributed by atoms with Crippen molar-refractivity contribution in [2.75, 3.05) is 11.5 Å². The average Bonchev–Trinajstić information content (AvgIpc) is 3.25. The highest BCUT2D eigenvalue weighted by Crippen LogP contribution is 2.35. The van der Waals surface area contributed by atoms with Crippen LogP contribution in [0.5, 0.6) is 5.75 Å². The summed E-state index contributed by atoms with van der Waals surface area (Å²) in [6.07, 6.45) is 3.48. The fourth-order valence-corrected chi connectivity index (χ4v) is 5.02. The van der Waals surface area contributed by atoms with Crippen LogP contribution in [-0.2, 0) is 6.54 Å². The second-order valence-electron chi connectivity index (χ2n) is 7.45. The number of thiazole rings is 1. The average molecular weight is 474 g/mol. The van der Waals surface area contributed by atoms with Crippen LogP contribution < -0.4 is 9.64 Å². The van der Waals surface area contributed by atoms with Crippen molar-refractivity contribution in [1.82, 2.24) is 9.97 Å². The molecule has 0 atom stereocenters. The molecule has 0 radical (unpaired) electrons. The summed E-state index contributed by atoms with van der Waals surface area (Å²) in [5.41, 5.74) is 2.23. The molecule has 7 heteroatoms. The molecule has 0 bridgehead atoms. The zero-order valence-electron chi connectivity index (χ0n) is 17.9. The van der Waals surface area contributed by atoms with Crippen LogP contribution in [0.3, 0.4) is 0 Å². The molecular weight excluding hydrogens is 454 g/mol. The van der Waals surface area contributed by atoms with Gasteiger partial charge in [0.25, 0.3) is 5.91 Å². The number of hydrogen-bond acceptors (Lipinski definition) is 5. The van der Waals surface area contributed by atoms with Crippen molar-refractivity contribution in [3.8, 4) is 5.75 Å². The van der Waals surface area contributed by atoms with Crippen molar-refractivity contribution in [3.05, 3.63) is 95.3 Å². The van der Waals surface area contributed by atoms with E-state index < -0.39 is 0 Å². The van der Waals surface area contributed by atoms with Gasteiger partial charge in [-0.2, -0.15) is 0 Å². The number of halogens is 1. The Hall–Kier alpha value is -3.48. The van der Waals surface area contributed by atoms with E-state index in [1.807, 2.05) is 67.6 Å². The summed E-state index contributed by atoms with van der Waals surface area (Å²) in [6, 6.07) is 21.0. The molecule has 0 spiro atoms. The highest BCUT2D eigenvalue weighted by molar-refractivity contribution is 7.22. The van der Waals surface area contributed by atoms with Crippen LogP contribution in [0.1, 0.15) is 22.8 Å². The number of hydrogen-bond donors (Lipinski definition) is 0. The predicted molar refractivity (Wildman–Crippen MR) is 134 cm³/mol. The normalized spacial score (nSPS) is 11.1. The van der Waals surface area contributed by atoms with Gasteiger partial charge in [0.15, 0.2) is 5.13 Å². The van der Waals surface area contributed by atoms with Gasteiger partial charge in [-0.05, 0) is 53.6 Å². The summed E-state index contributed by atoms with van der Waals surface area (Å²) in [6.45, 7) is 2.70. The SMILES string of the molecule is CCOc1ccc2ccccc2c1C(=O)N(Cc1cccnc1)c1nc2ccc(Cl)cc2s1. The van der Waals surface area contributed by atoms with E-state index in [0.717, 1.165) is 26.6 Å². The Bertz CT molecular complexity index is 1450. The first-order chi connectivity index (χ1) is 16.1. The number of benzene rings is 3. The highest BCUT2D eigenvalue weighted by atomic mass is 35.5. The summed E-state index contributed by atoms with van der Waals surface area (Å²) < 4.78 is 6.80. The van der Waals surface area contributed by atoms with Gasteiger partial charge in [-0.15, -0.1) is 0 Å². The number of ether oxygens (including phenoxy) is 1. The number of carbonyl (C=O) groups excluding carboxylic acids is 1. The number of amides is 1. The Morgan fingerprint density at radius 2 is 1.97 bits per heavy atom. The molecule has 1 amide bonds. The number of nitrogens with zero attached hydrogens (tertiary/aromatic N) is 3. The van der Waals surface area contributed by atoms with Crippen LogP contribution in [0.25, 0.3) is 21.0 Å². The van der Waals surface area contributed by atoms with E-state index in [4.69, 9.17) is 21.3 Å². The van der Waals surface area contributed by atoms with Crippen LogP contribution >= 0.6 is 22.9 Å². The third kappa shape index (κ3) is 4.27. The number of rotatable bonds is 6. The van der Waals surface area contributed by atoms with Crippen molar-refractivity contribution < 1.29 is 9.53 Å². The number of carbonyl (C=O) groups is 1. The van der Waals surface area contributed by atoms with Crippen LogP contribution in [0.15, 0.2) is 79.1 Å². The van der Waals surface area contributed by atoms with Gasteiger partial charge >= 0.3 is 0 Å². The van der Waals surface area contributed by atoms with Crippen molar-refractivity contribution >= 4 is 55.0 Å². The Morgan fingerprint density at radius 3 is 2.79 bits per heavy atom. The minimum atomic E-state index is -0.177. The van der Waals surface area contributed by atoms with Gasteiger partial charge < -0.3 is 4.74 Å². The molecular formula is C26H20ClN3O2S. The minimum Gasteiger partial charge on any atom is -0.493 e. The largest absolute Gasteiger partial charge is 0.493 e. The molecule has 5 rings (SSSR count). The van der Waals surface area contributed by atoms with Crippen LogP contribution in [-0.4, -0.2) is 22.5 Å². The maximum absolute atomic E-state index is 14.2. The summed E-state index contributed by atoms with van der Waals surface area (Å²) in [5.74, 6) is 0.380. The molecule has 5 aromatic rings. The predicted octanol–water partition coefficient (Wildman–Crippen LogP) is 6.74. The molecule has 0 unspecified atom stereocenters. The van der Waals surface area contributed by atoms with E-state index in [1.165, 1.54) is 11.3 Å². The summed E-state index contributed by atoms with van der Waals surface area (Å²) in [4.78, 5) is 24.8. The van der Waals surface area contributed by atoms with Crippen molar-refractivity contribution in [2.45, 2.75) is 13.5 Å². The molecule has 0 aliphatic heterocycles. The van der Waals surface area contributed by atoms with E-state index >= 15 is 0 Å². The third-order valence-corrected chi connectivity index (χ3v) is 6.56. The quantitative estimate of drug-likeness (QED) is 0.274. The fourth-order valence-electron chi connectivity index (χ4n) is 3.79. The maximum atomic E-state index is 14.2. The van der Waals surface area contributed by atoms with E-state index in [2.05, 4.69) is 4.98 Å². The van der Waals surface area contributed by atoms with Gasteiger partial charge in [-0.1, -0.05) is 59.3 Å². The fraction of sp³-hybridized carbons (Fsp3) is 0.115. The van der Waals surface area contributed by atoms with E-state index in [9.17, 15) is 4.79 Å². The Morgan fingerprint density at radius 1 is 1.09 bits per heavy atom. The van der Waals surface area contributed by atoms with Gasteiger partial charge in [0.2, 0.25) is 0 Å². The lowest BCUT2D eigenvalue weighted by atomic mass is 10.0. The minimum absolute atomic E-state index is 0.177. The number of anilines is 1. The molecule has 0 N–H and O–H groups in total. The maximum Gasteiger partial charge on any atom is 0.264 e. The van der Waals surface area contributed by atoms with Gasteiger partial charge in [0, 0.05) is 17.4 Å². The molecule has 0 fully saturated rings. The molecule has 0 saturated heterocycles. The molecule has 2 aromatic heterocycles. The van der Waals surface area contributed by atoms with Crippen molar-refractivity contribution in [1.29, 1.82) is 0 Å². The van der Waals surface area contributed by atoms with E-state index in [-0.39, 0.29) is 5.91 Å². The summed E-state index contributed by atoms with van der Waals surface area (Å²) >= 11 is 7.62. The molecule has 3 aromatic carbocycles. The van der Waals surface area contributed by atoms with Gasteiger partial charge in [-0.3, -0.25) is 14.7 Å². The van der Waals surface area contributed by atoms with Crippen LogP contribution in [0.4, 0.5) is 5.13 Å². The molecule has 0 aliphatic carbocycles. The first-order valence-electron chi connectivity index (χ1n) is 10.6. The zero-order valence-corrected chi connectivity index (χ0v) is 19.4. The Labute approximate surface area is 200 Å². The summed E-state index contributed by atoms with van der Waals surface area (Å²) in [5, 5.41) is 3.04. The van der Waals surface area contributed by atoms with E-state index in [0.29, 0.717) is 34.6 Å². The van der Waals surface area contributed by atoms with Gasteiger partial charge in [0.1, 0.15) is 5.75 Å². The molecule has 164 valence electrons. The second-order valence-corrected chi connectivity index (χ2v) is 8.90. The van der Waals surface area contributed by atoms with E-state index in [1.54, 1.807) is 23.4 Å². The first-order valence-corrected chi connectivity index (χ1v) is 11.7. The topological polar surface area (TPSA) is 55.3 Å². The Kier molecular flexibility index (Phi) is 5.94. The second kappa shape index (κ2) is 9.17. The smallest absolute Gasteiger partial charge is 0.264 e. The van der Waals surface area contributed by atoms with Crippen LogP contribution in [0, 0.1) is 0 Å².